The molecule has 0 bridgehead atoms. The van der Waals surface area contributed by atoms with Crippen LogP contribution in [0.4, 0.5) is 9.18 Å². The Kier molecular flexibility index (Phi) is 5.93. The predicted octanol–water partition coefficient (Wildman–Crippen LogP) is 6.55. The monoisotopic (exact) mass is 453 g/mol. The summed E-state index contributed by atoms with van der Waals surface area (Å²) in [7, 11) is 0. The molecule has 0 spiro atoms. The average molecular weight is 454 g/mol. The number of urea groups is 1. The number of benzene rings is 3. The summed E-state index contributed by atoms with van der Waals surface area (Å²) in [6.07, 6.45) is 2.06. The minimum Gasteiger partial charge on any atom is -0.334 e. The summed E-state index contributed by atoms with van der Waals surface area (Å²) in [4.78, 5) is 15.5. The second-order valence-electron chi connectivity index (χ2n) is 9.07. The van der Waals surface area contributed by atoms with Gasteiger partial charge in [-0.15, -0.1) is 0 Å². The molecule has 172 valence electrons. The quantitative estimate of drug-likeness (QED) is 0.374. The van der Waals surface area contributed by atoms with E-state index in [-0.39, 0.29) is 17.9 Å². The lowest BCUT2D eigenvalue weighted by Gasteiger charge is -2.31. The lowest BCUT2D eigenvalue weighted by atomic mass is 9.97. The number of hydrogen-bond acceptors (Lipinski definition) is 1. The molecule has 1 aromatic heterocycles. The van der Waals surface area contributed by atoms with Crippen LogP contribution in [0.3, 0.4) is 0 Å². The number of halogens is 1. The van der Waals surface area contributed by atoms with Crippen LogP contribution >= 0.6 is 0 Å². The van der Waals surface area contributed by atoms with Gasteiger partial charge in [-0.2, -0.15) is 0 Å². The minimum absolute atomic E-state index is 0.160. The van der Waals surface area contributed by atoms with Gasteiger partial charge < -0.3 is 14.8 Å². The third-order valence-corrected chi connectivity index (χ3v) is 6.50. The van der Waals surface area contributed by atoms with E-state index in [4.69, 9.17) is 0 Å². The van der Waals surface area contributed by atoms with Crippen molar-refractivity contribution in [3.05, 3.63) is 125 Å². The molecule has 1 N–H and O–H groups in total. The third-order valence-electron chi connectivity index (χ3n) is 6.50. The molecule has 5 rings (SSSR count). The minimum atomic E-state index is -0.287. The second kappa shape index (κ2) is 9.18. The number of carbonyl (C=O) groups is 1. The Morgan fingerprint density at radius 3 is 2.44 bits per heavy atom. The molecule has 0 aliphatic carbocycles. The highest BCUT2D eigenvalue weighted by molar-refractivity contribution is 5.76. The van der Waals surface area contributed by atoms with Crippen molar-refractivity contribution in [1.29, 1.82) is 0 Å². The van der Waals surface area contributed by atoms with Gasteiger partial charge >= 0.3 is 6.03 Å². The maximum atomic E-state index is 13.6. The standard InChI is InChI=1S/C29H28FN3O/c1-20(2)22-11-13-23(14-12-22)28-27-8-5-17-32(27)26-7-4-3-6-24(26)19-33(28)29(34)31-18-21-9-15-25(30)16-10-21/h3-17,20,28H,18-19H2,1-2H3,(H,31,34)/t28-/m0/s1. The zero-order chi connectivity index (χ0) is 23.7. The Morgan fingerprint density at radius 2 is 1.71 bits per heavy atom. The molecule has 5 heteroatoms. The average Bonchev–Trinajstić information content (AvgIpc) is 3.28. The molecular formula is C29H28FN3O. The van der Waals surface area contributed by atoms with E-state index in [0.29, 0.717) is 19.0 Å². The van der Waals surface area contributed by atoms with Crippen molar-refractivity contribution < 1.29 is 9.18 Å². The molecule has 4 aromatic rings. The number of fused-ring (bicyclic) bond motifs is 3. The summed E-state index contributed by atoms with van der Waals surface area (Å²) in [6, 6.07) is 26.7. The Hall–Kier alpha value is -3.86. The molecule has 1 atom stereocenters. The van der Waals surface area contributed by atoms with Crippen molar-refractivity contribution in [1.82, 2.24) is 14.8 Å². The van der Waals surface area contributed by atoms with E-state index in [0.717, 1.165) is 28.1 Å². The first kappa shape index (κ1) is 22.0. The highest BCUT2D eigenvalue weighted by Crippen LogP contribution is 2.37. The number of para-hydroxylation sites is 1. The van der Waals surface area contributed by atoms with Crippen molar-refractivity contribution in [2.24, 2.45) is 0 Å². The van der Waals surface area contributed by atoms with Gasteiger partial charge in [-0.25, -0.2) is 9.18 Å². The first-order chi connectivity index (χ1) is 16.5. The van der Waals surface area contributed by atoms with Crippen molar-refractivity contribution in [3.8, 4) is 5.69 Å². The van der Waals surface area contributed by atoms with Crippen LogP contribution < -0.4 is 5.32 Å². The predicted molar refractivity (Wildman–Crippen MR) is 132 cm³/mol. The molecule has 0 fully saturated rings. The fourth-order valence-corrected chi connectivity index (χ4v) is 4.63. The molecule has 4 nitrogen and oxygen atoms in total. The normalized spacial score (nSPS) is 14.9. The van der Waals surface area contributed by atoms with Gasteiger partial charge in [0.25, 0.3) is 0 Å². The van der Waals surface area contributed by atoms with Crippen LogP contribution in [0, 0.1) is 5.82 Å². The van der Waals surface area contributed by atoms with E-state index >= 15 is 0 Å². The van der Waals surface area contributed by atoms with Gasteiger partial charge in [0.15, 0.2) is 0 Å². The van der Waals surface area contributed by atoms with E-state index in [1.807, 2.05) is 23.1 Å². The van der Waals surface area contributed by atoms with Crippen LogP contribution in [0.25, 0.3) is 5.69 Å². The van der Waals surface area contributed by atoms with Gasteiger partial charge in [-0.1, -0.05) is 68.4 Å². The number of hydrogen-bond donors (Lipinski definition) is 1. The fraction of sp³-hybridized carbons (Fsp3) is 0.207. The highest BCUT2D eigenvalue weighted by atomic mass is 19.1. The van der Waals surface area contributed by atoms with Gasteiger partial charge in [0.05, 0.1) is 18.3 Å². The lowest BCUT2D eigenvalue weighted by Crippen LogP contribution is -2.41. The molecule has 0 radical (unpaired) electrons. The van der Waals surface area contributed by atoms with Crippen LogP contribution in [0.2, 0.25) is 0 Å². The maximum Gasteiger partial charge on any atom is 0.318 e. The number of amides is 2. The number of nitrogens with one attached hydrogen (secondary N) is 1. The Bertz CT molecular complexity index is 1290. The van der Waals surface area contributed by atoms with Gasteiger partial charge in [-0.3, -0.25) is 0 Å². The number of rotatable bonds is 4. The van der Waals surface area contributed by atoms with E-state index in [2.05, 4.69) is 72.4 Å². The molecule has 2 amide bonds. The zero-order valence-electron chi connectivity index (χ0n) is 19.4. The maximum absolute atomic E-state index is 13.6. The van der Waals surface area contributed by atoms with E-state index < -0.39 is 0 Å². The first-order valence-electron chi connectivity index (χ1n) is 11.7. The summed E-state index contributed by atoms with van der Waals surface area (Å²) in [5.74, 6) is 0.149. The third kappa shape index (κ3) is 4.21. The highest BCUT2D eigenvalue weighted by Gasteiger charge is 2.32. The summed E-state index contributed by atoms with van der Waals surface area (Å²) >= 11 is 0. The largest absolute Gasteiger partial charge is 0.334 e. The zero-order valence-corrected chi connectivity index (χ0v) is 19.4. The van der Waals surface area contributed by atoms with Gasteiger partial charge in [0.1, 0.15) is 5.82 Å². The summed E-state index contributed by atoms with van der Waals surface area (Å²) in [6.45, 7) is 5.16. The molecule has 0 unspecified atom stereocenters. The van der Waals surface area contributed by atoms with Crippen molar-refractivity contribution in [3.63, 3.8) is 0 Å². The summed E-state index contributed by atoms with van der Waals surface area (Å²) < 4.78 is 15.5. The molecule has 1 aliphatic heterocycles. The van der Waals surface area contributed by atoms with Crippen molar-refractivity contribution in [2.75, 3.05) is 0 Å². The molecule has 0 saturated carbocycles. The molecule has 1 aliphatic rings. The molecule has 2 heterocycles. The Balaban J connectivity index is 1.54. The van der Waals surface area contributed by atoms with E-state index in [1.54, 1.807) is 12.1 Å². The van der Waals surface area contributed by atoms with Crippen LogP contribution in [0.5, 0.6) is 0 Å². The van der Waals surface area contributed by atoms with Gasteiger partial charge in [-0.05, 0) is 58.5 Å². The van der Waals surface area contributed by atoms with Crippen molar-refractivity contribution >= 4 is 6.03 Å². The van der Waals surface area contributed by atoms with E-state index in [1.165, 1.54) is 17.7 Å². The van der Waals surface area contributed by atoms with Crippen LogP contribution in [-0.4, -0.2) is 15.5 Å². The Morgan fingerprint density at radius 1 is 0.971 bits per heavy atom. The summed E-state index contributed by atoms with van der Waals surface area (Å²) in [5, 5.41) is 3.05. The van der Waals surface area contributed by atoms with Crippen molar-refractivity contribution in [2.45, 2.75) is 38.9 Å². The van der Waals surface area contributed by atoms with Crippen LogP contribution in [-0.2, 0) is 13.1 Å². The van der Waals surface area contributed by atoms with Crippen LogP contribution in [0.15, 0.2) is 91.1 Å². The smallest absolute Gasteiger partial charge is 0.318 e. The number of carbonyl (C=O) groups excluding carboxylic acids is 1. The SMILES string of the molecule is CC(C)c1ccc([C@H]2c3cccn3-c3ccccc3CN2C(=O)NCc2ccc(F)cc2)cc1. The lowest BCUT2D eigenvalue weighted by molar-refractivity contribution is 0.180. The van der Waals surface area contributed by atoms with Gasteiger partial charge in [0, 0.05) is 18.4 Å². The molecule has 0 saturated heterocycles. The second-order valence-corrected chi connectivity index (χ2v) is 9.07. The number of aromatic nitrogens is 1. The Labute approximate surface area is 199 Å². The van der Waals surface area contributed by atoms with Crippen LogP contribution in [0.1, 0.15) is 53.8 Å². The number of nitrogens with zero attached hydrogens (tertiary/aromatic N) is 2. The van der Waals surface area contributed by atoms with E-state index in [9.17, 15) is 9.18 Å². The molecular weight excluding hydrogens is 425 g/mol. The molecule has 3 aromatic carbocycles. The van der Waals surface area contributed by atoms with Gasteiger partial charge in [0.2, 0.25) is 0 Å². The summed E-state index contributed by atoms with van der Waals surface area (Å²) in [5.41, 5.74) is 6.39. The first-order valence-corrected chi connectivity index (χ1v) is 11.7. The molecule has 34 heavy (non-hydrogen) atoms. The topological polar surface area (TPSA) is 37.3 Å². The fourth-order valence-electron chi connectivity index (χ4n) is 4.63.